The van der Waals surface area contributed by atoms with Gasteiger partial charge in [0.2, 0.25) is 0 Å². The van der Waals surface area contributed by atoms with E-state index in [-0.39, 0.29) is 0 Å². The molecular weight excluding hydrogens is 210 g/mol. The maximum absolute atomic E-state index is 11.5. The molecule has 1 unspecified atom stereocenters. The minimum Gasteiger partial charge on any atom is -0.480 e. The maximum atomic E-state index is 11.5. The SMILES string of the molecule is CN(CC1CC1)C1(C(=O)O)CCCSC1. The van der Waals surface area contributed by atoms with Crippen LogP contribution in [0.5, 0.6) is 0 Å². The van der Waals surface area contributed by atoms with Gasteiger partial charge in [0.25, 0.3) is 0 Å². The zero-order chi connectivity index (χ0) is 10.9. The number of likely N-dealkylation sites (N-methyl/N-ethyl adjacent to an activating group) is 1. The van der Waals surface area contributed by atoms with Gasteiger partial charge in [-0.25, -0.2) is 0 Å². The molecule has 3 nitrogen and oxygen atoms in total. The Morgan fingerprint density at radius 1 is 1.60 bits per heavy atom. The maximum Gasteiger partial charge on any atom is 0.324 e. The van der Waals surface area contributed by atoms with Crippen LogP contribution in [0.25, 0.3) is 0 Å². The largest absolute Gasteiger partial charge is 0.480 e. The van der Waals surface area contributed by atoms with Gasteiger partial charge in [-0.2, -0.15) is 11.8 Å². The van der Waals surface area contributed by atoms with Gasteiger partial charge in [-0.05, 0) is 44.4 Å². The van der Waals surface area contributed by atoms with Crippen LogP contribution < -0.4 is 0 Å². The Morgan fingerprint density at radius 3 is 2.80 bits per heavy atom. The van der Waals surface area contributed by atoms with Gasteiger partial charge in [0.15, 0.2) is 0 Å². The Hall–Kier alpha value is -0.220. The smallest absolute Gasteiger partial charge is 0.324 e. The summed E-state index contributed by atoms with van der Waals surface area (Å²) >= 11 is 1.78. The molecule has 0 bridgehead atoms. The number of nitrogens with zero attached hydrogens (tertiary/aromatic N) is 1. The molecule has 1 saturated carbocycles. The standard InChI is InChI=1S/C11H19NO2S/c1-12(7-9-3-4-9)11(10(13)14)5-2-6-15-8-11/h9H,2-8H2,1H3,(H,13,14). The molecule has 15 heavy (non-hydrogen) atoms. The molecule has 4 heteroatoms. The predicted molar refractivity (Wildman–Crippen MR) is 62.3 cm³/mol. The lowest BCUT2D eigenvalue weighted by Crippen LogP contribution is -2.56. The first-order valence-electron chi connectivity index (χ1n) is 5.67. The summed E-state index contributed by atoms with van der Waals surface area (Å²) in [7, 11) is 1.98. The van der Waals surface area contributed by atoms with Crippen molar-refractivity contribution in [3.63, 3.8) is 0 Å². The molecule has 0 aromatic heterocycles. The summed E-state index contributed by atoms with van der Waals surface area (Å²) in [5, 5.41) is 9.44. The van der Waals surface area contributed by atoms with Crippen molar-refractivity contribution in [1.29, 1.82) is 0 Å². The molecule has 1 saturated heterocycles. The average Bonchev–Trinajstić information content (AvgIpc) is 3.02. The molecule has 1 N–H and O–H groups in total. The van der Waals surface area contributed by atoms with Crippen LogP contribution in [0.15, 0.2) is 0 Å². The van der Waals surface area contributed by atoms with Gasteiger partial charge in [0.1, 0.15) is 5.54 Å². The highest BCUT2D eigenvalue weighted by Crippen LogP contribution is 2.36. The lowest BCUT2D eigenvalue weighted by Gasteiger charge is -2.40. The lowest BCUT2D eigenvalue weighted by molar-refractivity contribution is -0.150. The fraction of sp³-hybridized carbons (Fsp3) is 0.909. The molecule has 1 aliphatic heterocycles. The van der Waals surface area contributed by atoms with Crippen LogP contribution in [-0.4, -0.2) is 46.6 Å². The predicted octanol–water partition coefficient (Wildman–Crippen LogP) is 1.68. The minimum absolute atomic E-state index is 0.578. The number of hydrogen-bond acceptors (Lipinski definition) is 3. The topological polar surface area (TPSA) is 40.5 Å². The third-order valence-electron chi connectivity index (χ3n) is 3.58. The molecule has 2 fully saturated rings. The van der Waals surface area contributed by atoms with E-state index >= 15 is 0 Å². The molecule has 1 aliphatic carbocycles. The summed E-state index contributed by atoms with van der Waals surface area (Å²) in [6.07, 6.45) is 4.42. The highest BCUT2D eigenvalue weighted by molar-refractivity contribution is 7.99. The van der Waals surface area contributed by atoms with E-state index in [1.54, 1.807) is 11.8 Å². The summed E-state index contributed by atoms with van der Waals surface area (Å²) in [5.74, 6) is 2.01. The zero-order valence-corrected chi connectivity index (χ0v) is 10.1. The van der Waals surface area contributed by atoms with Crippen molar-refractivity contribution in [3.8, 4) is 0 Å². The molecule has 0 aromatic rings. The van der Waals surface area contributed by atoms with Crippen LogP contribution in [0.2, 0.25) is 0 Å². The van der Waals surface area contributed by atoms with Gasteiger partial charge in [-0.1, -0.05) is 0 Å². The number of carboxylic acid groups (broad SMARTS) is 1. The number of rotatable bonds is 4. The van der Waals surface area contributed by atoms with E-state index in [0.29, 0.717) is 0 Å². The number of hydrogen-bond donors (Lipinski definition) is 1. The van der Waals surface area contributed by atoms with E-state index in [0.717, 1.165) is 36.8 Å². The highest BCUT2D eigenvalue weighted by atomic mass is 32.2. The van der Waals surface area contributed by atoms with Crippen molar-refractivity contribution in [2.24, 2.45) is 5.92 Å². The Morgan fingerprint density at radius 2 is 2.33 bits per heavy atom. The number of carbonyl (C=O) groups is 1. The Balaban J connectivity index is 2.04. The first-order chi connectivity index (χ1) is 7.15. The van der Waals surface area contributed by atoms with Gasteiger partial charge in [0, 0.05) is 12.3 Å². The molecule has 86 valence electrons. The first-order valence-corrected chi connectivity index (χ1v) is 6.83. The molecule has 0 amide bonds. The second-order valence-corrected chi connectivity index (χ2v) is 5.92. The second kappa shape index (κ2) is 4.34. The van der Waals surface area contributed by atoms with E-state index in [9.17, 15) is 9.90 Å². The summed E-state index contributed by atoms with van der Waals surface area (Å²) in [6, 6.07) is 0. The Labute approximate surface area is 95.2 Å². The number of carboxylic acids is 1. The van der Waals surface area contributed by atoms with Crippen LogP contribution >= 0.6 is 11.8 Å². The van der Waals surface area contributed by atoms with Crippen LogP contribution in [-0.2, 0) is 4.79 Å². The fourth-order valence-corrected chi connectivity index (χ4v) is 3.59. The summed E-state index contributed by atoms with van der Waals surface area (Å²) < 4.78 is 0. The first kappa shape index (κ1) is 11.3. The molecule has 0 radical (unpaired) electrons. The van der Waals surface area contributed by atoms with Crippen molar-refractivity contribution >= 4 is 17.7 Å². The lowest BCUT2D eigenvalue weighted by atomic mass is 9.93. The zero-order valence-electron chi connectivity index (χ0n) is 9.24. The van der Waals surface area contributed by atoms with E-state index < -0.39 is 11.5 Å². The van der Waals surface area contributed by atoms with Crippen LogP contribution in [0, 0.1) is 5.92 Å². The number of thioether (sulfide) groups is 1. The van der Waals surface area contributed by atoms with Crippen LogP contribution in [0.3, 0.4) is 0 Å². The van der Waals surface area contributed by atoms with Gasteiger partial charge in [-0.15, -0.1) is 0 Å². The van der Waals surface area contributed by atoms with Crippen molar-refractivity contribution < 1.29 is 9.90 Å². The quantitative estimate of drug-likeness (QED) is 0.796. The van der Waals surface area contributed by atoms with E-state index in [1.165, 1.54) is 12.8 Å². The summed E-state index contributed by atoms with van der Waals surface area (Å²) in [4.78, 5) is 13.6. The summed E-state index contributed by atoms with van der Waals surface area (Å²) in [6.45, 7) is 0.965. The second-order valence-electron chi connectivity index (χ2n) is 4.82. The molecule has 2 aliphatic rings. The Kier molecular flexibility index (Phi) is 3.26. The van der Waals surface area contributed by atoms with Gasteiger partial charge >= 0.3 is 5.97 Å². The van der Waals surface area contributed by atoms with Crippen molar-refractivity contribution in [2.75, 3.05) is 25.1 Å². The third kappa shape index (κ3) is 2.31. The van der Waals surface area contributed by atoms with Gasteiger partial charge in [0.05, 0.1) is 0 Å². The van der Waals surface area contributed by atoms with Crippen molar-refractivity contribution in [2.45, 2.75) is 31.2 Å². The summed E-state index contributed by atoms with van der Waals surface area (Å²) in [5.41, 5.74) is -0.578. The number of aliphatic carboxylic acids is 1. The van der Waals surface area contributed by atoms with Crippen LogP contribution in [0.1, 0.15) is 25.7 Å². The van der Waals surface area contributed by atoms with E-state index in [2.05, 4.69) is 4.90 Å². The molecule has 1 heterocycles. The fourth-order valence-electron chi connectivity index (χ4n) is 2.28. The van der Waals surface area contributed by atoms with E-state index in [4.69, 9.17) is 0 Å². The van der Waals surface area contributed by atoms with Crippen LogP contribution in [0.4, 0.5) is 0 Å². The highest BCUT2D eigenvalue weighted by Gasteiger charge is 2.45. The molecule has 1 atom stereocenters. The van der Waals surface area contributed by atoms with Gasteiger partial charge in [-0.3, -0.25) is 9.69 Å². The molecule has 0 spiro atoms. The minimum atomic E-state index is -0.627. The average molecular weight is 229 g/mol. The normalized spacial score (nSPS) is 31.9. The third-order valence-corrected chi connectivity index (χ3v) is 4.84. The Bertz CT molecular complexity index is 247. The monoisotopic (exact) mass is 229 g/mol. The molecule has 2 rings (SSSR count). The van der Waals surface area contributed by atoms with E-state index in [1.807, 2.05) is 7.05 Å². The van der Waals surface area contributed by atoms with Gasteiger partial charge < -0.3 is 5.11 Å². The molecule has 0 aromatic carbocycles. The van der Waals surface area contributed by atoms with Crippen molar-refractivity contribution in [3.05, 3.63) is 0 Å². The van der Waals surface area contributed by atoms with Crippen molar-refractivity contribution in [1.82, 2.24) is 4.90 Å². The molecular formula is C11H19NO2S.